The second kappa shape index (κ2) is 31.5. The molecular formula is C64H36Cl6N6O27S4-4. The maximum absolute atomic E-state index is 12.3. The maximum Gasteiger partial charge on any atom is 0.373 e. The highest BCUT2D eigenvalue weighted by atomic mass is 35.5. The van der Waals surface area contributed by atoms with Crippen LogP contribution in [0.1, 0.15) is 48.9 Å². The largest absolute Gasteiger partial charge is 0.744 e. The molecule has 0 aromatic heterocycles. The van der Waals surface area contributed by atoms with Gasteiger partial charge >= 0.3 is 36.2 Å². The number of nitrogens with two attached hydrogens (primary N) is 3. The average molecular weight is 1660 g/mol. The van der Waals surface area contributed by atoms with Crippen molar-refractivity contribution in [1.82, 2.24) is 0 Å². The van der Waals surface area contributed by atoms with Crippen LogP contribution in [0.5, 0.6) is 0 Å². The van der Waals surface area contributed by atoms with Gasteiger partial charge < -0.3 is 74.5 Å². The Hall–Kier alpha value is -11.2. The summed E-state index contributed by atoms with van der Waals surface area (Å²) in [6, 6.07) is 24.5. The van der Waals surface area contributed by atoms with E-state index in [0.29, 0.717) is 39.1 Å². The summed E-state index contributed by atoms with van der Waals surface area (Å²) in [7, 11) is -21.7. The summed E-state index contributed by atoms with van der Waals surface area (Å²) >= 11 is 37.5. The smallest absolute Gasteiger partial charge is 0.373 e. The molecule has 6 aliphatic rings. The van der Waals surface area contributed by atoms with Gasteiger partial charge in [0.25, 0.3) is 0 Å². The summed E-state index contributed by atoms with van der Waals surface area (Å²) < 4.78 is 162. The van der Waals surface area contributed by atoms with E-state index in [1.54, 1.807) is 42.5 Å². The van der Waals surface area contributed by atoms with Gasteiger partial charge in [-0.05, 0) is 103 Å². The zero-order chi connectivity index (χ0) is 79.2. The summed E-state index contributed by atoms with van der Waals surface area (Å²) in [5.41, 5.74) is 12.5. The molecule has 3 heterocycles. The van der Waals surface area contributed by atoms with Crippen LogP contribution in [0.25, 0.3) is 100 Å². The predicted octanol–water partition coefficient (Wildman–Crippen LogP) is 10.6. The normalized spacial score (nSPS) is 11.3. The molecule has 13 N–H and O–H groups in total. The van der Waals surface area contributed by atoms with Crippen molar-refractivity contribution >= 4 is 196 Å². The maximum atomic E-state index is 12.3. The average Bonchev–Trinajstić information content (AvgIpc) is 0.828. The summed E-state index contributed by atoms with van der Waals surface area (Å²) in [6.45, 7) is 0. The van der Waals surface area contributed by atoms with Crippen LogP contribution >= 0.6 is 69.6 Å². The van der Waals surface area contributed by atoms with Crippen LogP contribution in [0.3, 0.4) is 0 Å². The molecule has 3 aliphatic carbocycles. The Morgan fingerprint density at radius 2 is 0.757 bits per heavy atom. The Bertz CT molecular complexity index is 6490. The lowest BCUT2D eigenvalue weighted by atomic mass is 9.89. The van der Waals surface area contributed by atoms with Crippen molar-refractivity contribution in [3.8, 4) is 67.4 Å². The van der Waals surface area contributed by atoms with Crippen LogP contribution in [-0.4, -0.2) is 108 Å². The second-order valence-electron chi connectivity index (χ2n) is 21.0. The lowest BCUT2D eigenvalue weighted by Crippen LogP contribution is -2.17. The molecule has 0 radical (unpaired) electrons. The Balaban J connectivity index is 0.000000217. The van der Waals surface area contributed by atoms with Crippen molar-refractivity contribution in [1.29, 1.82) is 16.2 Å². The minimum Gasteiger partial charge on any atom is -0.744 e. The Morgan fingerprint density at radius 1 is 0.402 bits per heavy atom. The molecule has 0 fully saturated rings. The highest BCUT2D eigenvalue weighted by Crippen LogP contribution is 2.52. The lowest BCUT2D eigenvalue weighted by Gasteiger charge is -2.23. The third-order valence-corrected chi connectivity index (χ3v) is 20.4. The van der Waals surface area contributed by atoms with Gasteiger partial charge in [0, 0.05) is 94.1 Å². The fourth-order valence-corrected chi connectivity index (χ4v) is 15.4. The molecule has 0 bridgehead atoms. The Morgan fingerprint density at radius 3 is 1.13 bits per heavy atom. The van der Waals surface area contributed by atoms with E-state index in [-0.39, 0.29) is 83.8 Å². The standard InChI is InChI=1S/C21H12Cl2N2O11S2.C20H12Cl2N2O9S2.C20H12Cl2N2O3.2CO2.CH4/c22-9-5-8(20(26)27)15(23)14(21(28)29)13(9)12-6-1-3-10(24)18(37(30,31)32)16(6)36-17-7(12)2-4-11(25)19(17)38(33,34)35;21-9-3-4-10(22)15(20(25)26)14(9)13-7-1-5-11(23)18(34(27,28)29)16(7)33-17-8(13)2-6-12(24)19(17)35(30,31)32;21-13-5-6-14(22)19(20(25)26)18(13)17-11-3-1-9(23)7-15(11)27-16-8-10(24)2-4-12(16)17;2*2-1-3;/h1-5,24H,25H2,(H,26,27)(H,28,29)(H,30,31,32)(H,33,34,35);1-6,23H,24H2,(H,25,26)(H,27,28,29)(H,30,31,32);1-8,23H,24H2,(H,25,26);;;1H4/p-4. The highest BCUT2D eigenvalue weighted by molar-refractivity contribution is 7.86. The SMILES string of the molecule is C.N=c1ccc2c(-c3c(Cl)cc(C(=O)O)c(Cl)c3C(=O)O)c3ccc(N)c(S(=O)(=O)[O-])c3oc-2c1S(=O)(=O)[O-].N=c1ccc2c(-c3c(Cl)ccc(Cl)c3C(=O)O)c3ccc(N)c(S(=O)(=O)[O-])c3oc-2c1S(=O)(=O)[O-].N=c1ccc2c(-c3c(Cl)ccc(Cl)c3C(=O)O)c3ccc(N)cc3oc-2c1.O=C=O.O=C=O. The van der Waals surface area contributed by atoms with Gasteiger partial charge in [0.05, 0.1) is 69.8 Å². The van der Waals surface area contributed by atoms with E-state index in [1.165, 1.54) is 24.3 Å². The Labute approximate surface area is 627 Å². The van der Waals surface area contributed by atoms with Gasteiger partial charge in [-0.25, -0.2) is 52.8 Å². The van der Waals surface area contributed by atoms with Crippen molar-refractivity contribution < 1.29 is 124 Å². The molecule has 0 saturated heterocycles. The van der Waals surface area contributed by atoms with Gasteiger partial charge in [-0.3, -0.25) is 10.8 Å². The molecule has 0 saturated carbocycles. The van der Waals surface area contributed by atoms with Crippen LogP contribution in [0.15, 0.2) is 148 Å². The minimum atomic E-state index is -5.49. The number of benzene rings is 9. The molecule has 0 atom stereocenters. The summed E-state index contributed by atoms with van der Waals surface area (Å²) in [5, 5.41) is 59.8. The number of nitrogens with one attached hydrogen (secondary N) is 3. The van der Waals surface area contributed by atoms with Gasteiger partial charge in [0.2, 0.25) is 0 Å². The molecule has 33 nitrogen and oxygen atoms in total. The van der Waals surface area contributed by atoms with Crippen LogP contribution in [0.2, 0.25) is 30.1 Å². The third kappa shape index (κ3) is 16.2. The molecule has 107 heavy (non-hydrogen) atoms. The Kier molecular flexibility index (Phi) is 24.4. The first-order valence-corrected chi connectivity index (χ1v) is 35.5. The number of carbonyl (C=O) groups is 4. The van der Waals surface area contributed by atoms with Crippen molar-refractivity contribution in [2.24, 2.45) is 0 Å². The lowest BCUT2D eigenvalue weighted by molar-refractivity contribution is -0.193. The first-order chi connectivity index (χ1) is 49.3. The topological polar surface area (TPSA) is 635 Å². The minimum absolute atomic E-state index is 0. The van der Waals surface area contributed by atoms with Gasteiger partial charge in [-0.15, -0.1) is 0 Å². The molecule has 6 aromatic carbocycles. The van der Waals surface area contributed by atoms with Crippen molar-refractivity contribution in [3.63, 3.8) is 0 Å². The van der Waals surface area contributed by atoms with Crippen LogP contribution < -0.4 is 33.3 Å². The van der Waals surface area contributed by atoms with E-state index < -0.39 is 167 Å². The number of nitrogen functional groups attached to an aromatic ring is 3. The molecule has 0 amide bonds. The quantitative estimate of drug-likeness (QED) is 0.0327. The van der Waals surface area contributed by atoms with E-state index in [0.717, 1.165) is 48.5 Å². The van der Waals surface area contributed by atoms with E-state index >= 15 is 0 Å². The molecule has 43 heteroatoms. The number of halogens is 6. The fraction of sp³-hybridized carbons (Fsp3) is 0.0156. The number of aromatic carboxylic acids is 4. The first-order valence-electron chi connectivity index (χ1n) is 27.6. The molecule has 3 aliphatic heterocycles. The number of hydrogen-bond donors (Lipinski definition) is 10. The summed E-state index contributed by atoms with van der Waals surface area (Å²) in [5.74, 6) is -7.48. The van der Waals surface area contributed by atoms with Gasteiger partial charge in [0.1, 0.15) is 71.4 Å². The second-order valence-corrected chi connectivity index (χ2v) is 28.7. The third-order valence-electron chi connectivity index (χ3n) is 14.8. The van der Waals surface area contributed by atoms with E-state index in [9.17, 15) is 91.5 Å². The zero-order valence-corrected chi connectivity index (χ0v) is 59.1. The van der Waals surface area contributed by atoms with Crippen LogP contribution in [0, 0.1) is 16.2 Å². The predicted molar refractivity (Wildman–Crippen MR) is 372 cm³/mol. The number of carbonyl (C=O) groups excluding carboxylic acids is 4. The molecule has 12 rings (SSSR count). The molecule has 554 valence electrons. The van der Waals surface area contributed by atoms with Crippen LogP contribution in [0.4, 0.5) is 17.1 Å². The molecule has 0 spiro atoms. The van der Waals surface area contributed by atoms with Gasteiger partial charge in [-0.1, -0.05) is 77.0 Å². The first kappa shape index (κ1) is 83.1. The van der Waals surface area contributed by atoms with E-state index in [4.69, 9.17) is 135 Å². The van der Waals surface area contributed by atoms with E-state index in [1.807, 2.05) is 0 Å². The van der Waals surface area contributed by atoms with Gasteiger partial charge in [0.15, 0.2) is 22.7 Å². The van der Waals surface area contributed by atoms with Crippen molar-refractivity contribution in [2.75, 3.05) is 17.2 Å². The number of anilines is 3. The monoisotopic (exact) mass is 1660 g/mol. The summed E-state index contributed by atoms with van der Waals surface area (Å²) in [6.07, 6.45) is 0.500. The van der Waals surface area contributed by atoms with Crippen molar-refractivity contribution in [3.05, 3.63) is 184 Å². The van der Waals surface area contributed by atoms with Gasteiger partial charge in [-0.2, -0.15) is 19.2 Å². The molecule has 0 unspecified atom stereocenters. The number of hydrogen-bond acceptors (Lipinski definition) is 29. The number of carboxylic acids is 4. The molecule has 6 aromatic rings. The number of fused-ring (bicyclic) bond motifs is 6. The van der Waals surface area contributed by atoms with E-state index in [2.05, 4.69) is 0 Å². The fourth-order valence-electron chi connectivity index (χ4n) is 10.9. The highest BCUT2D eigenvalue weighted by Gasteiger charge is 2.35. The van der Waals surface area contributed by atoms with Crippen LogP contribution in [-0.2, 0) is 59.7 Å². The summed E-state index contributed by atoms with van der Waals surface area (Å²) in [4.78, 5) is 75.7. The van der Waals surface area contributed by atoms with Crippen molar-refractivity contribution in [2.45, 2.75) is 27.0 Å². The number of rotatable bonds is 11. The zero-order valence-electron chi connectivity index (χ0n) is 51.3. The number of carboxylic acid groups (broad SMARTS) is 4. The molecular weight excluding hydrogens is 1630 g/mol.